The molecule has 120 valence electrons. The maximum absolute atomic E-state index is 12.2. The molecule has 5 heteroatoms. The van der Waals surface area contributed by atoms with Crippen molar-refractivity contribution in [3.05, 3.63) is 16.4 Å². The van der Waals surface area contributed by atoms with Crippen LogP contribution in [0.5, 0.6) is 0 Å². The van der Waals surface area contributed by atoms with E-state index in [4.69, 9.17) is 17.3 Å². The van der Waals surface area contributed by atoms with Crippen LogP contribution in [0.25, 0.3) is 0 Å². The Hall–Kier alpha value is -0.870. The van der Waals surface area contributed by atoms with Crippen molar-refractivity contribution in [1.29, 1.82) is 0 Å². The molecule has 1 aromatic rings. The highest BCUT2D eigenvalue weighted by Gasteiger charge is 2.18. The van der Waals surface area contributed by atoms with Gasteiger partial charge in [-0.3, -0.25) is 9.48 Å². The molecule has 0 fully saturated rings. The summed E-state index contributed by atoms with van der Waals surface area (Å²) in [5.74, 6) is 1.31. The Bertz CT molecular complexity index is 468. The largest absolute Gasteiger partial charge is 0.330 e. The van der Waals surface area contributed by atoms with Gasteiger partial charge in [0.25, 0.3) is 0 Å². The summed E-state index contributed by atoms with van der Waals surface area (Å²) in [5, 5.41) is 4.98. The molecule has 0 bridgehead atoms. The van der Waals surface area contributed by atoms with Crippen molar-refractivity contribution in [1.82, 2.24) is 9.78 Å². The number of ketones is 1. The fraction of sp³-hybridized carbons (Fsp3) is 0.750. The number of nitrogens with zero attached hydrogens (tertiary/aromatic N) is 2. The number of carbonyl (C=O) groups is 1. The third-order valence-electron chi connectivity index (χ3n) is 4.09. The number of Topliss-reactive ketones (excluding diaryl/α,β-unsaturated/α-hetero) is 1. The van der Waals surface area contributed by atoms with E-state index in [2.05, 4.69) is 18.9 Å². The van der Waals surface area contributed by atoms with Crippen molar-refractivity contribution in [3.8, 4) is 0 Å². The Morgan fingerprint density at radius 2 is 2.05 bits per heavy atom. The first kappa shape index (κ1) is 18.2. The zero-order valence-electron chi connectivity index (χ0n) is 13.7. The summed E-state index contributed by atoms with van der Waals surface area (Å²) >= 11 is 6.25. The smallest absolute Gasteiger partial charge is 0.138 e. The minimum absolute atomic E-state index is 0.231. The first-order valence-corrected chi connectivity index (χ1v) is 8.22. The molecule has 0 amide bonds. The predicted molar refractivity (Wildman–Crippen MR) is 87.6 cm³/mol. The van der Waals surface area contributed by atoms with Crippen LogP contribution in [0.3, 0.4) is 0 Å². The second-order valence-corrected chi connectivity index (χ2v) is 6.38. The van der Waals surface area contributed by atoms with Crippen molar-refractivity contribution < 1.29 is 4.79 Å². The van der Waals surface area contributed by atoms with Crippen LogP contribution in [0.15, 0.2) is 0 Å². The average molecular weight is 314 g/mol. The van der Waals surface area contributed by atoms with E-state index in [-0.39, 0.29) is 5.78 Å². The molecule has 21 heavy (non-hydrogen) atoms. The van der Waals surface area contributed by atoms with E-state index >= 15 is 0 Å². The second-order valence-electron chi connectivity index (χ2n) is 6.00. The number of aryl methyl sites for hydroxylation is 2. The zero-order valence-corrected chi connectivity index (χ0v) is 14.4. The fourth-order valence-corrected chi connectivity index (χ4v) is 2.89. The molecule has 1 aromatic heterocycles. The monoisotopic (exact) mass is 313 g/mol. The second kappa shape index (κ2) is 8.54. The summed E-state index contributed by atoms with van der Waals surface area (Å²) < 4.78 is 1.83. The standard InChI is InChI=1S/C16H28ClN3O/c1-5-20-15(16(17)12(4)19-20)10-14(21)7-6-13(8-9-18)11(2)3/h11,13H,5-10,18H2,1-4H3. The van der Waals surface area contributed by atoms with Crippen molar-refractivity contribution in [2.45, 2.75) is 59.9 Å². The number of rotatable bonds is 9. The molecule has 0 radical (unpaired) electrons. The summed E-state index contributed by atoms with van der Waals surface area (Å²) in [7, 11) is 0. The Morgan fingerprint density at radius 3 is 2.57 bits per heavy atom. The number of aromatic nitrogens is 2. The Labute approximate surface area is 133 Å². The van der Waals surface area contributed by atoms with Gasteiger partial charge in [0, 0.05) is 19.4 Å². The van der Waals surface area contributed by atoms with Crippen LogP contribution in [0.1, 0.15) is 51.4 Å². The van der Waals surface area contributed by atoms with Crippen LogP contribution in [0.4, 0.5) is 0 Å². The SMILES string of the molecule is CCn1nc(C)c(Cl)c1CC(=O)CCC(CCN)C(C)C. The molecule has 0 aliphatic rings. The van der Waals surface area contributed by atoms with Crippen LogP contribution in [0.2, 0.25) is 5.02 Å². The van der Waals surface area contributed by atoms with Crippen LogP contribution < -0.4 is 5.73 Å². The van der Waals surface area contributed by atoms with Crippen LogP contribution in [-0.2, 0) is 17.8 Å². The Kier molecular flexibility index (Phi) is 7.40. The third-order valence-corrected chi connectivity index (χ3v) is 4.58. The lowest BCUT2D eigenvalue weighted by Crippen LogP contribution is -2.17. The van der Waals surface area contributed by atoms with Gasteiger partial charge in [-0.05, 0) is 45.1 Å². The molecule has 0 aromatic carbocycles. The lowest BCUT2D eigenvalue weighted by molar-refractivity contribution is -0.118. The first-order chi connectivity index (χ1) is 9.90. The third kappa shape index (κ3) is 5.11. The molecule has 0 spiro atoms. The molecule has 0 saturated carbocycles. The van der Waals surface area contributed by atoms with Crippen molar-refractivity contribution in [2.24, 2.45) is 17.6 Å². The van der Waals surface area contributed by atoms with Gasteiger partial charge in [0.2, 0.25) is 0 Å². The summed E-state index contributed by atoms with van der Waals surface area (Å²) in [6.45, 7) is 9.68. The highest BCUT2D eigenvalue weighted by Crippen LogP contribution is 2.24. The van der Waals surface area contributed by atoms with E-state index in [1.807, 2.05) is 18.5 Å². The van der Waals surface area contributed by atoms with Gasteiger partial charge in [0.15, 0.2) is 0 Å². The van der Waals surface area contributed by atoms with E-state index in [0.29, 0.717) is 36.2 Å². The van der Waals surface area contributed by atoms with Crippen LogP contribution in [-0.4, -0.2) is 22.1 Å². The summed E-state index contributed by atoms with van der Waals surface area (Å²) in [5.41, 5.74) is 7.29. The first-order valence-electron chi connectivity index (χ1n) is 7.84. The lowest BCUT2D eigenvalue weighted by Gasteiger charge is -2.19. The van der Waals surface area contributed by atoms with Gasteiger partial charge in [-0.1, -0.05) is 25.4 Å². The van der Waals surface area contributed by atoms with E-state index < -0.39 is 0 Å². The van der Waals surface area contributed by atoms with Gasteiger partial charge in [0.05, 0.1) is 16.4 Å². The van der Waals surface area contributed by atoms with Gasteiger partial charge in [0.1, 0.15) is 5.78 Å². The molecule has 1 rings (SSSR count). The fourth-order valence-electron chi connectivity index (χ4n) is 2.68. The Morgan fingerprint density at radius 1 is 1.38 bits per heavy atom. The highest BCUT2D eigenvalue weighted by molar-refractivity contribution is 6.32. The van der Waals surface area contributed by atoms with E-state index in [1.54, 1.807) is 0 Å². The maximum atomic E-state index is 12.2. The molecule has 0 aliphatic carbocycles. The van der Waals surface area contributed by atoms with Gasteiger partial charge in [-0.25, -0.2) is 0 Å². The van der Waals surface area contributed by atoms with Gasteiger partial charge in [-0.2, -0.15) is 5.10 Å². The molecule has 0 aliphatic heterocycles. The predicted octanol–water partition coefficient (Wildman–Crippen LogP) is 3.38. The summed E-state index contributed by atoms with van der Waals surface area (Å²) in [6.07, 6.45) is 2.86. The van der Waals surface area contributed by atoms with Crippen molar-refractivity contribution in [3.63, 3.8) is 0 Å². The highest BCUT2D eigenvalue weighted by atomic mass is 35.5. The molecule has 1 atom stereocenters. The number of nitrogens with two attached hydrogens (primary N) is 1. The average Bonchev–Trinajstić information content (AvgIpc) is 2.70. The lowest BCUT2D eigenvalue weighted by atomic mass is 9.87. The maximum Gasteiger partial charge on any atom is 0.138 e. The molecule has 4 nitrogen and oxygen atoms in total. The number of hydrogen-bond acceptors (Lipinski definition) is 3. The van der Waals surface area contributed by atoms with Gasteiger partial charge >= 0.3 is 0 Å². The molecule has 2 N–H and O–H groups in total. The summed E-state index contributed by atoms with van der Waals surface area (Å²) in [6, 6.07) is 0. The minimum atomic E-state index is 0.231. The summed E-state index contributed by atoms with van der Waals surface area (Å²) in [4.78, 5) is 12.2. The van der Waals surface area contributed by atoms with E-state index in [9.17, 15) is 4.79 Å². The van der Waals surface area contributed by atoms with E-state index in [0.717, 1.165) is 30.8 Å². The molecule has 0 saturated heterocycles. The molecule has 1 unspecified atom stereocenters. The molecular formula is C16H28ClN3O. The van der Waals surface area contributed by atoms with Crippen molar-refractivity contribution in [2.75, 3.05) is 6.54 Å². The topological polar surface area (TPSA) is 60.9 Å². The molecule has 1 heterocycles. The van der Waals surface area contributed by atoms with Crippen LogP contribution >= 0.6 is 11.6 Å². The Balaban J connectivity index is 2.62. The van der Waals surface area contributed by atoms with Crippen molar-refractivity contribution >= 4 is 17.4 Å². The number of hydrogen-bond donors (Lipinski definition) is 1. The molecular weight excluding hydrogens is 286 g/mol. The van der Waals surface area contributed by atoms with E-state index in [1.165, 1.54) is 0 Å². The van der Waals surface area contributed by atoms with Crippen LogP contribution in [0, 0.1) is 18.8 Å². The van der Waals surface area contributed by atoms with Gasteiger partial charge in [-0.15, -0.1) is 0 Å². The normalized spacial score (nSPS) is 12.9. The number of halogens is 1. The number of carbonyl (C=O) groups excluding carboxylic acids is 1. The minimum Gasteiger partial charge on any atom is -0.330 e. The zero-order chi connectivity index (χ0) is 16.0. The van der Waals surface area contributed by atoms with Gasteiger partial charge < -0.3 is 5.73 Å². The quantitative estimate of drug-likeness (QED) is 0.760.